The van der Waals surface area contributed by atoms with Crippen molar-refractivity contribution in [3.05, 3.63) is 35.6 Å². The van der Waals surface area contributed by atoms with Gasteiger partial charge in [-0.2, -0.15) is 0 Å². The first-order chi connectivity index (χ1) is 7.99. The maximum absolute atomic E-state index is 13.0. The van der Waals surface area contributed by atoms with E-state index in [1.165, 1.54) is 0 Å². The molecule has 2 N–H and O–H groups in total. The van der Waals surface area contributed by atoms with Crippen molar-refractivity contribution in [2.75, 3.05) is 0 Å². The zero-order chi connectivity index (χ0) is 12.6. The van der Waals surface area contributed by atoms with Gasteiger partial charge in [0.25, 0.3) is 0 Å². The Morgan fingerprint density at radius 1 is 1.29 bits per heavy atom. The van der Waals surface area contributed by atoms with E-state index in [9.17, 15) is 18.7 Å². The first-order valence-corrected chi connectivity index (χ1v) is 4.37. The molecule has 0 aliphatic rings. The number of phenolic OH excluding ortho intramolecular Hbond substituents is 1. The topological polar surface area (TPSA) is 83.6 Å². The lowest BCUT2D eigenvalue weighted by atomic mass is 10.1. The predicted octanol–water partition coefficient (Wildman–Crippen LogP) is 2.02. The number of nitrogens with zero attached hydrogens (tertiary/aromatic N) is 1. The number of carboxylic acids is 1. The van der Waals surface area contributed by atoms with Crippen LogP contribution in [0.2, 0.25) is 0 Å². The Labute approximate surface area is 92.9 Å². The van der Waals surface area contributed by atoms with Gasteiger partial charge < -0.3 is 14.7 Å². The molecule has 0 aliphatic carbocycles. The summed E-state index contributed by atoms with van der Waals surface area (Å²) in [6.45, 7) is 0. The summed E-state index contributed by atoms with van der Waals surface area (Å²) in [5, 5.41) is 21.2. The van der Waals surface area contributed by atoms with Crippen molar-refractivity contribution in [1.29, 1.82) is 0 Å². The average molecular weight is 241 g/mol. The summed E-state index contributed by atoms with van der Waals surface area (Å²) in [4.78, 5) is 10.5. The lowest BCUT2D eigenvalue weighted by molar-refractivity contribution is 0.0652. The molecule has 7 heteroatoms. The van der Waals surface area contributed by atoms with Gasteiger partial charge in [-0.15, -0.1) is 0 Å². The average Bonchev–Trinajstić information content (AvgIpc) is 2.72. The first kappa shape index (κ1) is 11.1. The molecule has 0 aliphatic heterocycles. The minimum Gasteiger partial charge on any atom is -0.504 e. The molecular formula is C10H5F2NO4. The highest BCUT2D eigenvalue weighted by Gasteiger charge is 2.18. The normalized spacial score (nSPS) is 10.5. The molecule has 88 valence electrons. The number of carbonyl (C=O) groups is 1. The fraction of sp³-hybridized carbons (Fsp3) is 0. The summed E-state index contributed by atoms with van der Waals surface area (Å²) in [6.07, 6.45) is 0. The van der Waals surface area contributed by atoms with Gasteiger partial charge >= 0.3 is 5.97 Å². The third-order valence-corrected chi connectivity index (χ3v) is 2.03. The van der Waals surface area contributed by atoms with Crippen LogP contribution < -0.4 is 0 Å². The molecule has 5 nitrogen and oxygen atoms in total. The molecule has 0 unspecified atom stereocenters. The fourth-order valence-corrected chi connectivity index (χ4v) is 1.26. The van der Waals surface area contributed by atoms with Crippen LogP contribution in [0.15, 0.2) is 22.7 Å². The Kier molecular flexibility index (Phi) is 2.51. The van der Waals surface area contributed by atoms with E-state index < -0.39 is 29.1 Å². The Morgan fingerprint density at radius 3 is 2.59 bits per heavy atom. The Hall–Kier alpha value is -2.44. The van der Waals surface area contributed by atoms with Crippen molar-refractivity contribution in [3.8, 4) is 17.0 Å². The van der Waals surface area contributed by atoms with E-state index in [4.69, 9.17) is 5.11 Å². The smallest absolute Gasteiger partial charge is 0.374 e. The SMILES string of the molecule is O=C(O)c1cc(-c2cc(F)cc(F)c2O)no1. The summed E-state index contributed by atoms with van der Waals surface area (Å²) in [6, 6.07) is 2.27. The van der Waals surface area contributed by atoms with Gasteiger partial charge in [0.1, 0.15) is 11.5 Å². The van der Waals surface area contributed by atoms with Crippen LogP contribution in [-0.2, 0) is 0 Å². The van der Waals surface area contributed by atoms with Crippen molar-refractivity contribution in [1.82, 2.24) is 5.16 Å². The van der Waals surface area contributed by atoms with Crippen molar-refractivity contribution in [2.45, 2.75) is 0 Å². The van der Waals surface area contributed by atoms with Crippen LogP contribution in [0.1, 0.15) is 10.6 Å². The lowest BCUT2D eigenvalue weighted by Gasteiger charge is -2.01. The van der Waals surface area contributed by atoms with Gasteiger partial charge in [-0.05, 0) is 6.07 Å². The van der Waals surface area contributed by atoms with Gasteiger partial charge in [0.15, 0.2) is 11.6 Å². The van der Waals surface area contributed by atoms with Gasteiger partial charge in [-0.3, -0.25) is 0 Å². The van der Waals surface area contributed by atoms with Crippen LogP contribution in [0.4, 0.5) is 8.78 Å². The van der Waals surface area contributed by atoms with E-state index in [2.05, 4.69) is 9.68 Å². The molecule has 1 aromatic carbocycles. The second-order valence-electron chi connectivity index (χ2n) is 3.17. The minimum atomic E-state index is -1.37. The number of aromatic hydroxyl groups is 1. The molecule has 1 heterocycles. The number of phenols is 1. The molecule has 2 aromatic rings. The maximum Gasteiger partial charge on any atom is 0.374 e. The molecule has 0 spiro atoms. The quantitative estimate of drug-likeness (QED) is 0.840. The molecular weight excluding hydrogens is 236 g/mol. The Bertz CT molecular complexity index is 594. The highest BCUT2D eigenvalue weighted by Crippen LogP contribution is 2.31. The van der Waals surface area contributed by atoms with E-state index in [1.807, 2.05) is 0 Å². The molecule has 0 bridgehead atoms. The minimum absolute atomic E-state index is 0.168. The Balaban J connectivity index is 2.56. The first-order valence-electron chi connectivity index (χ1n) is 4.37. The number of aromatic carboxylic acids is 1. The molecule has 2 rings (SSSR count). The van der Waals surface area contributed by atoms with E-state index in [0.29, 0.717) is 6.07 Å². The second kappa shape index (κ2) is 3.85. The highest BCUT2D eigenvalue weighted by atomic mass is 19.1. The molecule has 0 atom stereocenters. The van der Waals surface area contributed by atoms with Crippen molar-refractivity contribution in [3.63, 3.8) is 0 Å². The zero-order valence-corrected chi connectivity index (χ0v) is 8.15. The number of hydrogen-bond donors (Lipinski definition) is 2. The molecule has 17 heavy (non-hydrogen) atoms. The maximum atomic E-state index is 13.0. The van der Waals surface area contributed by atoms with Crippen LogP contribution in [0, 0.1) is 11.6 Å². The molecule has 0 fully saturated rings. The monoisotopic (exact) mass is 241 g/mol. The number of hydrogen-bond acceptors (Lipinski definition) is 4. The summed E-state index contributed by atoms with van der Waals surface area (Å²) >= 11 is 0. The highest BCUT2D eigenvalue weighted by molar-refractivity contribution is 5.86. The number of halogens is 2. The third-order valence-electron chi connectivity index (χ3n) is 2.03. The largest absolute Gasteiger partial charge is 0.504 e. The molecule has 0 radical (unpaired) electrons. The van der Waals surface area contributed by atoms with Gasteiger partial charge in [-0.1, -0.05) is 5.16 Å². The number of rotatable bonds is 2. The zero-order valence-electron chi connectivity index (χ0n) is 8.15. The lowest BCUT2D eigenvalue weighted by Crippen LogP contribution is -1.91. The molecule has 0 amide bonds. The number of aromatic nitrogens is 1. The van der Waals surface area contributed by atoms with Gasteiger partial charge in [-0.25, -0.2) is 13.6 Å². The van der Waals surface area contributed by atoms with Crippen LogP contribution in [0.5, 0.6) is 5.75 Å². The molecule has 1 aromatic heterocycles. The van der Waals surface area contributed by atoms with E-state index in [-0.39, 0.29) is 11.3 Å². The van der Waals surface area contributed by atoms with E-state index in [0.717, 1.165) is 12.1 Å². The van der Waals surface area contributed by atoms with Gasteiger partial charge in [0, 0.05) is 12.1 Å². The standard InChI is InChI=1S/C10H5F2NO4/c11-4-1-5(9(14)6(12)2-4)7-3-8(10(15)16)17-13-7/h1-3,14H,(H,15,16). The van der Waals surface area contributed by atoms with Crippen LogP contribution >= 0.6 is 0 Å². The molecule has 0 saturated carbocycles. The third kappa shape index (κ3) is 1.94. The van der Waals surface area contributed by atoms with Gasteiger partial charge in [0.05, 0.1) is 5.56 Å². The van der Waals surface area contributed by atoms with Crippen molar-refractivity contribution < 1.29 is 28.3 Å². The van der Waals surface area contributed by atoms with Crippen LogP contribution in [-0.4, -0.2) is 21.3 Å². The number of benzene rings is 1. The second-order valence-corrected chi connectivity index (χ2v) is 3.17. The summed E-state index contributed by atoms with van der Waals surface area (Å²) in [7, 11) is 0. The molecule has 0 saturated heterocycles. The summed E-state index contributed by atoms with van der Waals surface area (Å²) in [5.74, 6) is -4.78. The predicted molar refractivity (Wildman–Crippen MR) is 50.5 cm³/mol. The van der Waals surface area contributed by atoms with E-state index in [1.54, 1.807) is 0 Å². The van der Waals surface area contributed by atoms with Crippen molar-refractivity contribution in [2.24, 2.45) is 0 Å². The van der Waals surface area contributed by atoms with E-state index >= 15 is 0 Å². The van der Waals surface area contributed by atoms with Gasteiger partial charge in [0.2, 0.25) is 5.76 Å². The summed E-state index contributed by atoms with van der Waals surface area (Å²) < 4.78 is 30.4. The Morgan fingerprint density at radius 2 is 2.00 bits per heavy atom. The summed E-state index contributed by atoms with van der Waals surface area (Å²) in [5.41, 5.74) is -0.447. The van der Waals surface area contributed by atoms with Crippen LogP contribution in [0.25, 0.3) is 11.3 Å². The van der Waals surface area contributed by atoms with Crippen molar-refractivity contribution >= 4 is 5.97 Å². The fourth-order valence-electron chi connectivity index (χ4n) is 1.26. The van der Waals surface area contributed by atoms with Crippen LogP contribution in [0.3, 0.4) is 0 Å². The number of carboxylic acid groups (broad SMARTS) is 1.